The van der Waals surface area contributed by atoms with Crippen molar-refractivity contribution in [2.75, 3.05) is 0 Å². The molecule has 0 aromatic carbocycles. The van der Waals surface area contributed by atoms with E-state index >= 15 is 0 Å². The van der Waals surface area contributed by atoms with Gasteiger partial charge in [-0.05, 0) is 17.9 Å². The Labute approximate surface area is 63.1 Å². The van der Waals surface area contributed by atoms with Crippen molar-refractivity contribution in [2.45, 2.75) is 33.6 Å². The molecule has 0 rings (SSSR count). The summed E-state index contributed by atoms with van der Waals surface area (Å²) in [4.78, 5) is 9.89. The van der Waals surface area contributed by atoms with Crippen LogP contribution < -0.4 is 0 Å². The third-order valence-electron chi connectivity index (χ3n) is 1.84. The minimum atomic E-state index is 0.347. The number of rotatable bonds is 4. The highest BCUT2D eigenvalue weighted by Gasteiger charge is 2.11. The molecule has 0 aromatic rings. The number of carbonyl (C=O) groups is 1. The normalized spacial score (nSPS) is 12.3. The Kier molecular flexibility index (Phi) is 4.01. The SMILES string of the molecule is CCC(C)(C)C/C=C\C=O. The van der Waals surface area contributed by atoms with Crippen LogP contribution in [0, 0.1) is 5.41 Å². The maximum atomic E-state index is 9.89. The first kappa shape index (κ1) is 9.41. The first-order valence-electron chi connectivity index (χ1n) is 3.72. The van der Waals surface area contributed by atoms with Gasteiger partial charge in [0.05, 0.1) is 0 Å². The average molecular weight is 140 g/mol. The summed E-state index contributed by atoms with van der Waals surface area (Å²) in [5, 5.41) is 0. The van der Waals surface area contributed by atoms with Gasteiger partial charge in [-0.3, -0.25) is 4.79 Å². The lowest BCUT2D eigenvalue weighted by Gasteiger charge is -2.19. The van der Waals surface area contributed by atoms with Crippen molar-refractivity contribution in [3.05, 3.63) is 12.2 Å². The second-order valence-corrected chi connectivity index (χ2v) is 3.29. The molecule has 0 bridgehead atoms. The van der Waals surface area contributed by atoms with Gasteiger partial charge in [-0.2, -0.15) is 0 Å². The van der Waals surface area contributed by atoms with E-state index in [2.05, 4.69) is 20.8 Å². The summed E-state index contributed by atoms with van der Waals surface area (Å²) in [6.07, 6.45) is 6.46. The molecule has 0 aliphatic carbocycles. The van der Waals surface area contributed by atoms with E-state index in [1.165, 1.54) is 0 Å². The van der Waals surface area contributed by atoms with Crippen molar-refractivity contribution < 1.29 is 4.79 Å². The maximum absolute atomic E-state index is 9.89. The first-order valence-corrected chi connectivity index (χ1v) is 3.72. The second-order valence-electron chi connectivity index (χ2n) is 3.29. The van der Waals surface area contributed by atoms with E-state index in [9.17, 15) is 4.79 Å². The molecule has 1 nitrogen and oxygen atoms in total. The van der Waals surface area contributed by atoms with Crippen LogP contribution in [0.15, 0.2) is 12.2 Å². The zero-order chi connectivity index (χ0) is 8.04. The van der Waals surface area contributed by atoms with Crippen LogP contribution in [0.5, 0.6) is 0 Å². The van der Waals surface area contributed by atoms with Crippen molar-refractivity contribution in [3.8, 4) is 0 Å². The number of aldehydes is 1. The fourth-order valence-electron chi connectivity index (χ4n) is 0.587. The molecule has 0 aromatic heterocycles. The molecule has 0 radical (unpaired) electrons. The standard InChI is InChI=1S/C9H16O/c1-4-9(2,3)7-5-6-8-10/h5-6,8H,4,7H2,1-3H3/b6-5-. The van der Waals surface area contributed by atoms with Crippen LogP contribution in [-0.4, -0.2) is 6.29 Å². The van der Waals surface area contributed by atoms with Crippen molar-refractivity contribution >= 4 is 6.29 Å². The number of allylic oxidation sites excluding steroid dienone is 2. The highest BCUT2D eigenvalue weighted by Crippen LogP contribution is 2.24. The third kappa shape index (κ3) is 4.30. The first-order chi connectivity index (χ1) is 4.62. The molecule has 0 aliphatic heterocycles. The zero-order valence-electron chi connectivity index (χ0n) is 7.05. The molecular weight excluding hydrogens is 124 g/mol. The fraction of sp³-hybridized carbons (Fsp3) is 0.667. The van der Waals surface area contributed by atoms with Crippen molar-refractivity contribution in [1.82, 2.24) is 0 Å². The summed E-state index contributed by atoms with van der Waals surface area (Å²) in [5.41, 5.74) is 0.347. The Bertz CT molecular complexity index is 123. The largest absolute Gasteiger partial charge is 0.299 e. The molecule has 10 heavy (non-hydrogen) atoms. The Morgan fingerprint density at radius 3 is 2.40 bits per heavy atom. The van der Waals surface area contributed by atoms with E-state index in [0.29, 0.717) is 5.41 Å². The third-order valence-corrected chi connectivity index (χ3v) is 1.84. The summed E-state index contributed by atoms with van der Waals surface area (Å²) in [7, 11) is 0. The fourth-order valence-corrected chi connectivity index (χ4v) is 0.587. The molecule has 0 atom stereocenters. The topological polar surface area (TPSA) is 17.1 Å². The van der Waals surface area contributed by atoms with Crippen LogP contribution >= 0.6 is 0 Å². The van der Waals surface area contributed by atoms with Gasteiger partial charge in [-0.15, -0.1) is 0 Å². The highest BCUT2D eigenvalue weighted by molar-refractivity contribution is 5.64. The number of hydrogen-bond donors (Lipinski definition) is 0. The van der Waals surface area contributed by atoms with E-state index in [1.54, 1.807) is 6.08 Å². The summed E-state index contributed by atoms with van der Waals surface area (Å²) in [6.45, 7) is 6.55. The van der Waals surface area contributed by atoms with Gasteiger partial charge in [0.2, 0.25) is 0 Å². The van der Waals surface area contributed by atoms with Gasteiger partial charge in [0.1, 0.15) is 6.29 Å². The lowest BCUT2D eigenvalue weighted by Crippen LogP contribution is -2.07. The predicted molar refractivity (Wildman–Crippen MR) is 43.9 cm³/mol. The minimum Gasteiger partial charge on any atom is -0.299 e. The Balaban J connectivity index is 3.66. The molecule has 0 aliphatic rings. The molecular formula is C9H16O. The quantitative estimate of drug-likeness (QED) is 0.433. The van der Waals surface area contributed by atoms with Crippen molar-refractivity contribution in [1.29, 1.82) is 0 Å². The van der Waals surface area contributed by atoms with Crippen LogP contribution in [0.4, 0.5) is 0 Å². The Morgan fingerprint density at radius 2 is 2.00 bits per heavy atom. The molecule has 1 heteroatoms. The lowest BCUT2D eigenvalue weighted by atomic mass is 9.86. The molecule has 0 fully saturated rings. The number of carbonyl (C=O) groups excluding carboxylic acids is 1. The summed E-state index contributed by atoms with van der Waals surface area (Å²) < 4.78 is 0. The van der Waals surface area contributed by atoms with E-state index in [1.807, 2.05) is 6.08 Å². The van der Waals surface area contributed by atoms with E-state index in [-0.39, 0.29) is 0 Å². The Hall–Kier alpha value is -0.590. The average Bonchev–Trinajstić information content (AvgIpc) is 1.89. The monoisotopic (exact) mass is 140 g/mol. The lowest BCUT2D eigenvalue weighted by molar-refractivity contribution is -0.104. The van der Waals surface area contributed by atoms with E-state index < -0.39 is 0 Å². The van der Waals surface area contributed by atoms with Gasteiger partial charge >= 0.3 is 0 Å². The van der Waals surface area contributed by atoms with E-state index in [0.717, 1.165) is 19.1 Å². The summed E-state index contributed by atoms with van der Waals surface area (Å²) in [6, 6.07) is 0. The number of hydrogen-bond acceptors (Lipinski definition) is 1. The van der Waals surface area contributed by atoms with Crippen LogP contribution in [0.2, 0.25) is 0 Å². The smallest absolute Gasteiger partial charge is 0.142 e. The van der Waals surface area contributed by atoms with Gasteiger partial charge in [-0.1, -0.05) is 33.3 Å². The summed E-state index contributed by atoms with van der Waals surface area (Å²) in [5.74, 6) is 0. The zero-order valence-corrected chi connectivity index (χ0v) is 7.05. The van der Waals surface area contributed by atoms with Gasteiger partial charge < -0.3 is 0 Å². The predicted octanol–water partition coefficient (Wildman–Crippen LogP) is 2.57. The maximum Gasteiger partial charge on any atom is 0.142 e. The molecule has 0 saturated heterocycles. The van der Waals surface area contributed by atoms with E-state index in [4.69, 9.17) is 0 Å². The van der Waals surface area contributed by atoms with Crippen LogP contribution in [-0.2, 0) is 4.79 Å². The minimum absolute atomic E-state index is 0.347. The molecule has 58 valence electrons. The second kappa shape index (κ2) is 4.26. The molecule has 0 amide bonds. The van der Waals surface area contributed by atoms with Crippen LogP contribution in [0.25, 0.3) is 0 Å². The van der Waals surface area contributed by atoms with Gasteiger partial charge in [-0.25, -0.2) is 0 Å². The molecule has 0 unspecified atom stereocenters. The molecule has 0 N–H and O–H groups in total. The Morgan fingerprint density at radius 1 is 1.40 bits per heavy atom. The summed E-state index contributed by atoms with van der Waals surface area (Å²) >= 11 is 0. The molecule has 0 saturated carbocycles. The van der Waals surface area contributed by atoms with Crippen LogP contribution in [0.1, 0.15) is 33.6 Å². The van der Waals surface area contributed by atoms with Gasteiger partial charge in [0.25, 0.3) is 0 Å². The molecule has 0 spiro atoms. The van der Waals surface area contributed by atoms with Gasteiger partial charge in [0, 0.05) is 0 Å². The van der Waals surface area contributed by atoms with Crippen molar-refractivity contribution in [2.24, 2.45) is 5.41 Å². The molecule has 0 heterocycles. The van der Waals surface area contributed by atoms with Crippen LogP contribution in [0.3, 0.4) is 0 Å². The van der Waals surface area contributed by atoms with Gasteiger partial charge in [0.15, 0.2) is 0 Å². The highest BCUT2D eigenvalue weighted by atomic mass is 16.1. The van der Waals surface area contributed by atoms with Crippen molar-refractivity contribution in [3.63, 3.8) is 0 Å².